The lowest BCUT2D eigenvalue weighted by atomic mass is 9.95. The fraction of sp³-hybridized carbons (Fsp3) is 0.400. The van der Waals surface area contributed by atoms with E-state index >= 15 is 0 Å². The molecule has 16 heavy (non-hydrogen) atoms. The molecule has 1 aromatic rings. The third-order valence-electron chi connectivity index (χ3n) is 2.18. The number of rotatable bonds is 2. The van der Waals surface area contributed by atoms with Crippen molar-refractivity contribution in [2.75, 3.05) is 0 Å². The predicted octanol–water partition coefficient (Wildman–Crippen LogP) is 3.74. The molecule has 0 heterocycles. The first-order valence-corrected chi connectivity index (χ1v) is 4.59. The van der Waals surface area contributed by atoms with Gasteiger partial charge in [-0.2, -0.15) is 13.2 Å². The minimum atomic E-state index is -4.71. The molecule has 1 aromatic carbocycles. The smallest absolute Gasteiger partial charge is 0.258 e. The van der Waals surface area contributed by atoms with Crippen LogP contribution in [0.3, 0.4) is 0 Å². The van der Waals surface area contributed by atoms with E-state index in [1.807, 2.05) is 0 Å². The van der Waals surface area contributed by atoms with Crippen LogP contribution in [0.4, 0.5) is 18.9 Å². The zero-order valence-electron chi connectivity index (χ0n) is 8.71. The Morgan fingerprint density at radius 2 is 1.88 bits per heavy atom. The van der Waals surface area contributed by atoms with Gasteiger partial charge < -0.3 is 0 Å². The third kappa shape index (κ3) is 2.32. The van der Waals surface area contributed by atoms with Crippen LogP contribution in [0.5, 0.6) is 0 Å². The van der Waals surface area contributed by atoms with Gasteiger partial charge in [-0.15, -0.1) is 0 Å². The molecule has 0 fully saturated rings. The number of hydrogen-bond acceptors (Lipinski definition) is 2. The second kappa shape index (κ2) is 4.11. The van der Waals surface area contributed by atoms with E-state index in [0.29, 0.717) is 0 Å². The molecule has 0 unspecified atom stereocenters. The average molecular weight is 233 g/mol. The molecule has 0 aliphatic rings. The Morgan fingerprint density at radius 1 is 1.31 bits per heavy atom. The molecular formula is C10H10F3NO2. The molecule has 0 aromatic heterocycles. The quantitative estimate of drug-likeness (QED) is 0.576. The minimum Gasteiger partial charge on any atom is -0.258 e. The van der Waals surface area contributed by atoms with Gasteiger partial charge in [0.05, 0.1) is 4.92 Å². The Hall–Kier alpha value is -1.59. The van der Waals surface area contributed by atoms with Crippen molar-refractivity contribution in [1.82, 2.24) is 0 Å². The van der Waals surface area contributed by atoms with Crippen molar-refractivity contribution in [3.63, 3.8) is 0 Å². The molecule has 0 saturated carbocycles. The van der Waals surface area contributed by atoms with Crippen molar-refractivity contribution < 1.29 is 18.1 Å². The van der Waals surface area contributed by atoms with Crippen molar-refractivity contribution >= 4 is 5.69 Å². The maximum absolute atomic E-state index is 12.7. The number of alkyl halides is 3. The summed E-state index contributed by atoms with van der Waals surface area (Å²) in [6, 6.07) is 3.40. The lowest BCUT2D eigenvalue weighted by molar-refractivity contribution is -0.388. The second-order valence-corrected chi connectivity index (χ2v) is 3.65. The SMILES string of the molecule is CC(C)c1cccc([N+](=O)[O-])c1C(F)(F)F. The molecule has 0 amide bonds. The van der Waals surface area contributed by atoms with Crippen LogP contribution in [0, 0.1) is 10.1 Å². The molecule has 1 rings (SSSR count). The molecule has 3 nitrogen and oxygen atoms in total. The van der Waals surface area contributed by atoms with Crippen molar-refractivity contribution in [3.05, 3.63) is 39.4 Å². The van der Waals surface area contributed by atoms with Crippen molar-refractivity contribution in [2.45, 2.75) is 25.9 Å². The predicted molar refractivity (Wildman–Crippen MR) is 52.2 cm³/mol. The zero-order chi connectivity index (χ0) is 12.5. The fourth-order valence-corrected chi connectivity index (χ4v) is 1.50. The molecule has 0 aliphatic carbocycles. The lowest BCUT2D eigenvalue weighted by Gasteiger charge is -2.15. The Labute approximate surface area is 90.0 Å². The summed E-state index contributed by atoms with van der Waals surface area (Å²) in [5, 5.41) is 10.5. The summed E-state index contributed by atoms with van der Waals surface area (Å²) >= 11 is 0. The van der Waals surface area contributed by atoms with E-state index in [1.165, 1.54) is 12.1 Å². The van der Waals surface area contributed by atoms with Crippen LogP contribution in [0.15, 0.2) is 18.2 Å². The average Bonchev–Trinajstić information content (AvgIpc) is 2.15. The number of nitrogens with zero attached hydrogens (tertiary/aromatic N) is 1. The van der Waals surface area contributed by atoms with Gasteiger partial charge in [0.1, 0.15) is 5.56 Å². The van der Waals surface area contributed by atoms with Gasteiger partial charge in [0, 0.05) is 6.07 Å². The first kappa shape index (κ1) is 12.5. The Balaban J connectivity index is 3.54. The summed E-state index contributed by atoms with van der Waals surface area (Å²) in [6.45, 7) is 3.13. The summed E-state index contributed by atoms with van der Waals surface area (Å²) in [4.78, 5) is 9.54. The molecule has 0 N–H and O–H groups in total. The molecular weight excluding hydrogens is 223 g/mol. The Kier molecular flexibility index (Phi) is 3.21. The first-order chi connectivity index (χ1) is 7.25. The number of hydrogen-bond donors (Lipinski definition) is 0. The van der Waals surface area contributed by atoms with Crippen LogP contribution in [-0.4, -0.2) is 4.92 Å². The molecule has 6 heteroatoms. The summed E-state index contributed by atoms with van der Waals surface area (Å²) in [7, 11) is 0. The van der Waals surface area contributed by atoms with Crippen LogP contribution >= 0.6 is 0 Å². The van der Waals surface area contributed by atoms with Gasteiger partial charge in [0.25, 0.3) is 5.69 Å². The molecule has 0 saturated heterocycles. The molecule has 0 bridgehead atoms. The van der Waals surface area contributed by atoms with E-state index < -0.39 is 28.3 Å². The van der Waals surface area contributed by atoms with Gasteiger partial charge in [0.2, 0.25) is 0 Å². The van der Waals surface area contributed by atoms with Crippen LogP contribution in [0.25, 0.3) is 0 Å². The summed E-state index contributed by atoms with van der Waals surface area (Å²) in [6.07, 6.45) is -4.71. The highest BCUT2D eigenvalue weighted by molar-refractivity contribution is 5.48. The number of benzene rings is 1. The van der Waals surface area contributed by atoms with Crippen molar-refractivity contribution in [2.24, 2.45) is 0 Å². The molecule has 0 aliphatic heterocycles. The van der Waals surface area contributed by atoms with Gasteiger partial charge in [-0.3, -0.25) is 10.1 Å². The topological polar surface area (TPSA) is 43.1 Å². The summed E-state index contributed by atoms with van der Waals surface area (Å²) in [5.41, 5.74) is -2.09. The Bertz CT molecular complexity index is 413. The van der Waals surface area contributed by atoms with Crippen molar-refractivity contribution in [1.29, 1.82) is 0 Å². The standard InChI is InChI=1S/C10H10F3NO2/c1-6(2)7-4-3-5-8(14(15)16)9(7)10(11,12)13/h3-6H,1-2H3. The van der Waals surface area contributed by atoms with Crippen molar-refractivity contribution in [3.8, 4) is 0 Å². The maximum atomic E-state index is 12.7. The van der Waals surface area contributed by atoms with E-state index in [9.17, 15) is 23.3 Å². The monoisotopic (exact) mass is 233 g/mol. The summed E-state index contributed by atoms with van der Waals surface area (Å²) in [5.74, 6) is -0.420. The number of nitro benzene ring substituents is 1. The van der Waals surface area contributed by atoms with Gasteiger partial charge in [0.15, 0.2) is 0 Å². The van der Waals surface area contributed by atoms with E-state index in [1.54, 1.807) is 13.8 Å². The second-order valence-electron chi connectivity index (χ2n) is 3.65. The highest BCUT2D eigenvalue weighted by Crippen LogP contribution is 2.40. The fourth-order valence-electron chi connectivity index (χ4n) is 1.50. The minimum absolute atomic E-state index is 0.0540. The summed E-state index contributed by atoms with van der Waals surface area (Å²) < 4.78 is 38.2. The van der Waals surface area contributed by atoms with Gasteiger partial charge in [-0.05, 0) is 11.5 Å². The third-order valence-corrected chi connectivity index (χ3v) is 2.18. The normalized spacial score (nSPS) is 11.9. The van der Waals surface area contributed by atoms with E-state index in [4.69, 9.17) is 0 Å². The van der Waals surface area contributed by atoms with Crippen LogP contribution in [-0.2, 0) is 6.18 Å². The zero-order valence-corrected chi connectivity index (χ0v) is 8.71. The van der Waals surface area contributed by atoms with E-state index in [0.717, 1.165) is 6.07 Å². The van der Waals surface area contributed by atoms with Gasteiger partial charge in [-0.1, -0.05) is 26.0 Å². The van der Waals surface area contributed by atoms with E-state index in [2.05, 4.69) is 0 Å². The maximum Gasteiger partial charge on any atom is 0.423 e. The van der Waals surface area contributed by atoms with E-state index in [-0.39, 0.29) is 5.56 Å². The first-order valence-electron chi connectivity index (χ1n) is 4.59. The number of halogens is 3. The van der Waals surface area contributed by atoms with Crippen LogP contribution < -0.4 is 0 Å². The van der Waals surface area contributed by atoms with Crippen LogP contribution in [0.1, 0.15) is 30.9 Å². The van der Waals surface area contributed by atoms with Crippen LogP contribution in [0.2, 0.25) is 0 Å². The van der Waals surface area contributed by atoms with Gasteiger partial charge >= 0.3 is 6.18 Å². The molecule has 88 valence electrons. The highest BCUT2D eigenvalue weighted by atomic mass is 19.4. The highest BCUT2D eigenvalue weighted by Gasteiger charge is 2.41. The largest absolute Gasteiger partial charge is 0.423 e. The molecule has 0 atom stereocenters. The number of nitro groups is 1. The lowest BCUT2D eigenvalue weighted by Crippen LogP contribution is -2.13. The van der Waals surface area contributed by atoms with Gasteiger partial charge in [-0.25, -0.2) is 0 Å². The molecule has 0 radical (unpaired) electrons. The molecule has 0 spiro atoms. The Morgan fingerprint density at radius 3 is 2.25 bits per heavy atom.